The van der Waals surface area contributed by atoms with Crippen molar-refractivity contribution in [1.29, 1.82) is 0 Å². The molecule has 2 radical (unpaired) electrons. The van der Waals surface area contributed by atoms with Gasteiger partial charge in [-0.25, -0.2) is 0 Å². The van der Waals surface area contributed by atoms with Crippen LogP contribution in [0.4, 0.5) is 0 Å². The zero-order valence-electron chi connectivity index (χ0n) is 10.3. The Morgan fingerprint density at radius 2 is 2.25 bits per heavy atom. The van der Waals surface area contributed by atoms with Crippen LogP contribution in [-0.4, -0.2) is 32.7 Å². The fourth-order valence-electron chi connectivity index (χ4n) is 1.95. The van der Waals surface area contributed by atoms with Crippen LogP contribution in [-0.2, 0) is 0 Å². The number of hydrogen-bond acceptors (Lipinski definition) is 3. The van der Waals surface area contributed by atoms with Gasteiger partial charge in [-0.05, 0) is 0 Å². The Morgan fingerprint density at radius 3 is 2.88 bits per heavy atom. The van der Waals surface area contributed by atoms with Gasteiger partial charge in [-0.1, -0.05) is 0 Å². The van der Waals surface area contributed by atoms with Crippen molar-refractivity contribution in [3.05, 3.63) is 10.4 Å². The molecule has 0 bridgehead atoms. The van der Waals surface area contributed by atoms with Crippen LogP contribution in [0.2, 0.25) is 3.43 Å². The molecule has 1 unspecified atom stereocenters. The van der Waals surface area contributed by atoms with Crippen molar-refractivity contribution in [3.8, 4) is 0 Å². The molecule has 2 rings (SSSR count). The maximum atomic E-state index is 4.85. The van der Waals surface area contributed by atoms with Crippen molar-refractivity contribution in [2.75, 3.05) is 6.54 Å². The molecule has 2 heterocycles. The Kier molecular flexibility index (Phi) is 4.30. The van der Waals surface area contributed by atoms with Crippen LogP contribution in [0.3, 0.4) is 0 Å². The fourth-order valence-corrected chi connectivity index (χ4v) is 6.75. The van der Waals surface area contributed by atoms with Gasteiger partial charge in [0.05, 0.1) is 0 Å². The summed E-state index contributed by atoms with van der Waals surface area (Å²) in [6, 6.07) is 0.548. The molecule has 16 heavy (non-hydrogen) atoms. The van der Waals surface area contributed by atoms with E-state index in [4.69, 9.17) is 4.98 Å². The van der Waals surface area contributed by atoms with E-state index in [2.05, 4.69) is 31.5 Å². The van der Waals surface area contributed by atoms with Gasteiger partial charge >= 0.3 is 113 Å². The Labute approximate surface area is 112 Å². The van der Waals surface area contributed by atoms with E-state index in [0.29, 0.717) is 9.47 Å². The van der Waals surface area contributed by atoms with E-state index in [9.17, 15) is 0 Å². The van der Waals surface area contributed by atoms with E-state index in [1.165, 1.54) is 34.5 Å². The minimum atomic E-state index is -0.507. The molecule has 1 aromatic rings. The topological polar surface area (TPSA) is 24.9 Å². The molecule has 2 nitrogen and oxygen atoms in total. The van der Waals surface area contributed by atoms with Crippen LogP contribution in [0.5, 0.6) is 0 Å². The van der Waals surface area contributed by atoms with Crippen LogP contribution >= 0.6 is 11.3 Å². The number of hydrogen-bond donors (Lipinski definition) is 1. The van der Waals surface area contributed by atoms with E-state index in [-0.39, 0.29) is 0 Å². The molecular formula is C12H20N2SSn. The van der Waals surface area contributed by atoms with E-state index in [0.717, 1.165) is 0 Å². The Balaban J connectivity index is 2.01. The fraction of sp³-hybridized carbons (Fsp3) is 0.750. The summed E-state index contributed by atoms with van der Waals surface area (Å²) in [6.07, 6.45) is 3.95. The number of piperidine rings is 1. The van der Waals surface area contributed by atoms with Crippen molar-refractivity contribution in [1.82, 2.24) is 10.3 Å². The summed E-state index contributed by atoms with van der Waals surface area (Å²) < 4.78 is 1.94. The third kappa shape index (κ3) is 3.70. The van der Waals surface area contributed by atoms with Gasteiger partial charge in [0, 0.05) is 0 Å². The normalized spacial score (nSPS) is 22.3. The zero-order chi connectivity index (χ0) is 11.6. The number of nitrogens with zero attached hydrogens (tertiary/aromatic N) is 1. The summed E-state index contributed by atoms with van der Waals surface area (Å²) >= 11 is 1.36. The summed E-state index contributed by atoms with van der Waals surface area (Å²) in [5.41, 5.74) is 0. The number of nitrogens with one attached hydrogen (secondary N) is 1. The molecule has 1 aliphatic rings. The Morgan fingerprint density at radius 1 is 1.44 bits per heavy atom. The SMILES string of the molecule is C[C](C)(C)[Sn][c]1csc(C2CCCCN2)n1. The first-order valence-corrected chi connectivity index (χ1v) is 9.75. The molecule has 88 valence electrons. The van der Waals surface area contributed by atoms with E-state index < -0.39 is 21.1 Å². The summed E-state index contributed by atoms with van der Waals surface area (Å²) in [5.74, 6) is 0. The van der Waals surface area contributed by atoms with Gasteiger partial charge in [-0.3, -0.25) is 0 Å². The van der Waals surface area contributed by atoms with Gasteiger partial charge in [-0.2, -0.15) is 0 Å². The van der Waals surface area contributed by atoms with Crippen LogP contribution in [0.25, 0.3) is 0 Å². The van der Waals surface area contributed by atoms with Crippen molar-refractivity contribution < 1.29 is 0 Å². The zero-order valence-corrected chi connectivity index (χ0v) is 14.0. The van der Waals surface area contributed by atoms with Crippen molar-refractivity contribution >= 4 is 36.2 Å². The molecule has 0 amide bonds. The van der Waals surface area contributed by atoms with Crippen LogP contribution < -0.4 is 9.03 Å². The molecular weight excluding hydrogens is 323 g/mol. The van der Waals surface area contributed by atoms with Gasteiger partial charge < -0.3 is 0 Å². The van der Waals surface area contributed by atoms with E-state index >= 15 is 0 Å². The second-order valence-electron chi connectivity index (χ2n) is 5.45. The summed E-state index contributed by atoms with van der Waals surface area (Å²) in [6.45, 7) is 8.20. The van der Waals surface area contributed by atoms with Crippen molar-refractivity contribution in [2.45, 2.75) is 49.5 Å². The van der Waals surface area contributed by atoms with Gasteiger partial charge in [-0.15, -0.1) is 0 Å². The van der Waals surface area contributed by atoms with E-state index in [1.54, 1.807) is 0 Å². The average Bonchev–Trinajstić information content (AvgIpc) is 2.65. The average molecular weight is 343 g/mol. The molecule has 0 spiro atoms. The third-order valence-electron chi connectivity index (χ3n) is 2.63. The molecule has 4 heteroatoms. The third-order valence-corrected chi connectivity index (χ3v) is 7.79. The molecule has 1 aromatic heterocycles. The Hall–Kier alpha value is 0.389. The number of rotatable bonds is 2. The first-order chi connectivity index (χ1) is 7.54. The molecule has 0 saturated carbocycles. The van der Waals surface area contributed by atoms with Gasteiger partial charge in [0.1, 0.15) is 0 Å². The Bertz CT molecular complexity index is 337. The number of aromatic nitrogens is 1. The summed E-state index contributed by atoms with van der Waals surface area (Å²) in [4.78, 5) is 4.85. The second-order valence-corrected chi connectivity index (χ2v) is 12.8. The van der Waals surface area contributed by atoms with Crippen molar-refractivity contribution in [3.63, 3.8) is 0 Å². The van der Waals surface area contributed by atoms with Crippen LogP contribution in [0, 0.1) is 0 Å². The van der Waals surface area contributed by atoms with Gasteiger partial charge in [0.2, 0.25) is 0 Å². The molecule has 1 fully saturated rings. The number of thiazole rings is 1. The monoisotopic (exact) mass is 344 g/mol. The van der Waals surface area contributed by atoms with Gasteiger partial charge in [0.15, 0.2) is 0 Å². The van der Waals surface area contributed by atoms with Gasteiger partial charge in [0.25, 0.3) is 0 Å². The first-order valence-electron chi connectivity index (χ1n) is 6.01. The van der Waals surface area contributed by atoms with Crippen LogP contribution in [0.15, 0.2) is 5.38 Å². The van der Waals surface area contributed by atoms with Crippen LogP contribution in [0.1, 0.15) is 51.1 Å². The summed E-state index contributed by atoms with van der Waals surface area (Å²) in [5, 5.41) is 7.22. The van der Waals surface area contributed by atoms with Crippen molar-refractivity contribution in [2.24, 2.45) is 0 Å². The molecule has 1 N–H and O–H groups in total. The summed E-state index contributed by atoms with van der Waals surface area (Å²) in [7, 11) is 0. The minimum absolute atomic E-state index is 0.507. The molecule has 1 saturated heterocycles. The second kappa shape index (κ2) is 5.36. The quantitative estimate of drug-likeness (QED) is 0.835. The molecule has 0 aromatic carbocycles. The maximum absolute atomic E-state index is 4.85. The van der Waals surface area contributed by atoms with E-state index in [1.807, 2.05) is 11.3 Å². The first kappa shape index (κ1) is 12.8. The molecule has 1 atom stereocenters. The predicted molar refractivity (Wildman–Crippen MR) is 71.8 cm³/mol. The molecule has 0 aliphatic carbocycles. The molecule has 1 aliphatic heterocycles. The predicted octanol–water partition coefficient (Wildman–Crippen LogP) is 2.51. The standard InChI is InChI=1S/C8H11N2S.C4H9.Sn/c1-2-4-9-7(3-1)8-10-5-6-11-8;1-4(2)3;/h6-7,9H,1-4H2;1-3H3;.